The minimum absolute atomic E-state index is 1.04. The lowest BCUT2D eigenvalue weighted by Gasteiger charge is -2.32. The number of nitrogens with zero attached hydrogens (tertiary/aromatic N) is 2. The Kier molecular flexibility index (Phi) is 7.11. The van der Waals surface area contributed by atoms with E-state index >= 15 is 0 Å². The van der Waals surface area contributed by atoms with E-state index in [9.17, 15) is 0 Å². The summed E-state index contributed by atoms with van der Waals surface area (Å²) < 4.78 is 0. The second-order valence-electron chi connectivity index (χ2n) is 4.65. The van der Waals surface area contributed by atoms with Crippen LogP contribution < -0.4 is 0 Å². The molecule has 0 amide bonds. The Morgan fingerprint density at radius 1 is 0.867 bits per heavy atom. The quantitative estimate of drug-likeness (QED) is 0.466. The Labute approximate surface area is 96.4 Å². The van der Waals surface area contributed by atoms with Gasteiger partial charge in [-0.1, -0.05) is 39.0 Å². The van der Waals surface area contributed by atoms with E-state index in [4.69, 9.17) is 7.98 Å². The molecule has 0 N–H and O–H groups in total. The fourth-order valence-electron chi connectivity index (χ4n) is 2.10. The van der Waals surface area contributed by atoms with Crippen LogP contribution in [0.3, 0.4) is 0 Å². The van der Waals surface area contributed by atoms with Crippen molar-refractivity contribution >= 4 is 7.98 Å². The van der Waals surface area contributed by atoms with Gasteiger partial charge < -0.3 is 9.71 Å². The first kappa shape index (κ1) is 13.1. The second-order valence-corrected chi connectivity index (χ2v) is 4.65. The SMILES string of the molecule is [B]N1CCN(CCCCCCCC)CC1. The number of unbranched alkanes of at least 4 members (excludes halogenated alkanes) is 5. The maximum atomic E-state index is 5.71. The van der Waals surface area contributed by atoms with E-state index in [-0.39, 0.29) is 0 Å². The smallest absolute Gasteiger partial charge is 0.182 e. The van der Waals surface area contributed by atoms with Gasteiger partial charge in [-0.15, -0.1) is 0 Å². The lowest BCUT2D eigenvalue weighted by atomic mass is 10.1. The van der Waals surface area contributed by atoms with Crippen LogP contribution in [0.2, 0.25) is 0 Å². The summed E-state index contributed by atoms with van der Waals surface area (Å²) in [6.45, 7) is 7.94. The number of rotatable bonds is 7. The molecule has 0 aromatic rings. The molecular weight excluding hydrogens is 183 g/mol. The third-order valence-electron chi connectivity index (χ3n) is 3.23. The van der Waals surface area contributed by atoms with Crippen molar-refractivity contribution in [2.24, 2.45) is 0 Å². The van der Waals surface area contributed by atoms with Crippen LogP contribution in [0.1, 0.15) is 45.4 Å². The third kappa shape index (κ3) is 6.21. The molecule has 1 rings (SSSR count). The largest absolute Gasteiger partial charge is 0.351 e. The summed E-state index contributed by atoms with van der Waals surface area (Å²) >= 11 is 0. The van der Waals surface area contributed by atoms with Gasteiger partial charge in [0.15, 0.2) is 7.98 Å². The topological polar surface area (TPSA) is 6.48 Å². The molecule has 15 heavy (non-hydrogen) atoms. The molecule has 0 bridgehead atoms. The van der Waals surface area contributed by atoms with Crippen LogP contribution >= 0.6 is 0 Å². The zero-order chi connectivity index (χ0) is 10.9. The van der Waals surface area contributed by atoms with E-state index in [1.165, 1.54) is 45.1 Å². The standard InChI is InChI=1S/C12H25BN2/c1-2-3-4-5-6-7-8-14-9-11-15(13)12-10-14/h2-12H2,1H3. The molecule has 1 saturated heterocycles. The monoisotopic (exact) mass is 208 g/mol. The molecule has 2 radical (unpaired) electrons. The average Bonchev–Trinajstić information content (AvgIpc) is 2.26. The molecule has 0 aliphatic carbocycles. The molecule has 1 aliphatic rings. The highest BCUT2D eigenvalue weighted by Crippen LogP contribution is 2.07. The van der Waals surface area contributed by atoms with E-state index in [0.29, 0.717) is 0 Å². The highest BCUT2D eigenvalue weighted by molar-refractivity contribution is 6.04. The number of piperazine rings is 1. The predicted octanol–water partition coefficient (Wildman–Crippen LogP) is 2.05. The molecule has 3 heteroatoms. The molecule has 86 valence electrons. The Morgan fingerprint density at radius 2 is 1.47 bits per heavy atom. The van der Waals surface area contributed by atoms with Crippen LogP contribution in [0, 0.1) is 0 Å². The van der Waals surface area contributed by atoms with Crippen molar-refractivity contribution < 1.29 is 0 Å². The van der Waals surface area contributed by atoms with Crippen LogP contribution in [0.4, 0.5) is 0 Å². The van der Waals surface area contributed by atoms with E-state index in [1.807, 2.05) is 4.81 Å². The fourth-order valence-corrected chi connectivity index (χ4v) is 2.10. The Balaban J connectivity index is 1.87. The molecule has 2 nitrogen and oxygen atoms in total. The van der Waals surface area contributed by atoms with Crippen LogP contribution in [0.15, 0.2) is 0 Å². The van der Waals surface area contributed by atoms with E-state index in [1.54, 1.807) is 0 Å². The number of hydrogen-bond acceptors (Lipinski definition) is 2. The second kappa shape index (κ2) is 8.17. The highest BCUT2D eigenvalue weighted by atomic mass is 15.2. The van der Waals surface area contributed by atoms with Gasteiger partial charge in [0.25, 0.3) is 0 Å². The van der Waals surface area contributed by atoms with Gasteiger partial charge in [-0.25, -0.2) is 0 Å². The Hall–Kier alpha value is -0.0151. The van der Waals surface area contributed by atoms with E-state index in [0.717, 1.165) is 26.2 Å². The van der Waals surface area contributed by atoms with Crippen molar-refractivity contribution in [1.29, 1.82) is 0 Å². The minimum Gasteiger partial charge on any atom is -0.351 e. The normalized spacial score (nSPS) is 19.5. The molecule has 1 fully saturated rings. The van der Waals surface area contributed by atoms with E-state index < -0.39 is 0 Å². The lowest BCUT2D eigenvalue weighted by molar-refractivity contribution is 0.188. The van der Waals surface area contributed by atoms with Crippen LogP contribution in [0.5, 0.6) is 0 Å². The molecule has 1 aliphatic heterocycles. The molecule has 0 atom stereocenters. The van der Waals surface area contributed by atoms with Crippen molar-refractivity contribution in [3.8, 4) is 0 Å². The zero-order valence-electron chi connectivity index (χ0n) is 10.2. The van der Waals surface area contributed by atoms with Gasteiger partial charge in [0.2, 0.25) is 0 Å². The summed E-state index contributed by atoms with van der Waals surface area (Å²) in [5.41, 5.74) is 0. The average molecular weight is 208 g/mol. The Morgan fingerprint density at radius 3 is 2.13 bits per heavy atom. The third-order valence-corrected chi connectivity index (χ3v) is 3.23. The van der Waals surface area contributed by atoms with Crippen LogP contribution in [0.25, 0.3) is 0 Å². The van der Waals surface area contributed by atoms with E-state index in [2.05, 4.69) is 11.8 Å². The first-order valence-electron chi connectivity index (χ1n) is 6.55. The first-order chi connectivity index (χ1) is 7.33. The maximum Gasteiger partial charge on any atom is 0.182 e. The van der Waals surface area contributed by atoms with Crippen molar-refractivity contribution in [2.75, 3.05) is 32.7 Å². The van der Waals surface area contributed by atoms with Gasteiger partial charge in [0, 0.05) is 13.1 Å². The van der Waals surface area contributed by atoms with Gasteiger partial charge in [-0.2, -0.15) is 0 Å². The predicted molar refractivity (Wildman–Crippen MR) is 67.1 cm³/mol. The summed E-state index contributed by atoms with van der Waals surface area (Å²) in [6, 6.07) is 0. The molecule has 1 heterocycles. The summed E-state index contributed by atoms with van der Waals surface area (Å²) in [4.78, 5) is 4.47. The van der Waals surface area contributed by atoms with Gasteiger partial charge in [-0.05, 0) is 26.1 Å². The number of hydrogen-bond donors (Lipinski definition) is 0. The molecule has 0 saturated carbocycles. The van der Waals surface area contributed by atoms with Crippen molar-refractivity contribution in [3.05, 3.63) is 0 Å². The summed E-state index contributed by atoms with van der Waals surface area (Å²) in [7, 11) is 5.71. The Bertz CT molecular complexity index is 145. The molecule has 0 unspecified atom stereocenters. The fraction of sp³-hybridized carbons (Fsp3) is 1.00. The molecule has 0 spiro atoms. The van der Waals surface area contributed by atoms with Gasteiger partial charge >= 0.3 is 0 Å². The van der Waals surface area contributed by atoms with Crippen molar-refractivity contribution in [2.45, 2.75) is 45.4 Å². The van der Waals surface area contributed by atoms with Gasteiger partial charge in [0.05, 0.1) is 0 Å². The minimum atomic E-state index is 1.04. The lowest BCUT2D eigenvalue weighted by Crippen LogP contribution is -2.45. The highest BCUT2D eigenvalue weighted by Gasteiger charge is 2.11. The zero-order valence-corrected chi connectivity index (χ0v) is 10.2. The molecular formula is C12H25BN2. The molecule has 0 aromatic heterocycles. The van der Waals surface area contributed by atoms with Gasteiger partial charge in [0.1, 0.15) is 0 Å². The van der Waals surface area contributed by atoms with Gasteiger partial charge in [-0.3, -0.25) is 0 Å². The molecule has 0 aromatic carbocycles. The first-order valence-corrected chi connectivity index (χ1v) is 6.55. The summed E-state index contributed by atoms with van der Waals surface area (Å²) in [5, 5.41) is 0. The maximum absolute atomic E-state index is 5.71. The van der Waals surface area contributed by atoms with Crippen LogP contribution in [-0.2, 0) is 0 Å². The van der Waals surface area contributed by atoms with Crippen molar-refractivity contribution in [1.82, 2.24) is 9.71 Å². The van der Waals surface area contributed by atoms with Crippen molar-refractivity contribution in [3.63, 3.8) is 0 Å². The summed E-state index contributed by atoms with van der Waals surface area (Å²) in [5.74, 6) is 0. The summed E-state index contributed by atoms with van der Waals surface area (Å²) in [6.07, 6.45) is 8.37. The van der Waals surface area contributed by atoms with Crippen LogP contribution in [-0.4, -0.2) is 50.4 Å².